The smallest absolute Gasteiger partial charge is 0.269 e. The first-order chi connectivity index (χ1) is 16.3. The van der Waals surface area contributed by atoms with E-state index in [1.165, 1.54) is 25.3 Å². The summed E-state index contributed by atoms with van der Waals surface area (Å²) in [6, 6.07) is 18.5. The third kappa shape index (κ3) is 5.78. The molecule has 0 aliphatic heterocycles. The molecule has 3 rings (SSSR count). The van der Waals surface area contributed by atoms with Gasteiger partial charge in [0.1, 0.15) is 29.7 Å². The number of hydrogen-bond donors (Lipinski definition) is 1. The van der Waals surface area contributed by atoms with Gasteiger partial charge in [-0.25, -0.2) is 0 Å². The molecule has 8 nitrogen and oxygen atoms in total. The van der Waals surface area contributed by atoms with E-state index in [1.807, 2.05) is 32.0 Å². The van der Waals surface area contributed by atoms with Crippen LogP contribution in [0.25, 0.3) is 6.08 Å². The molecule has 0 bridgehead atoms. The summed E-state index contributed by atoms with van der Waals surface area (Å²) in [5, 5.41) is 23.3. The van der Waals surface area contributed by atoms with Gasteiger partial charge in [-0.3, -0.25) is 14.9 Å². The van der Waals surface area contributed by atoms with Crippen LogP contribution in [0.5, 0.6) is 11.5 Å². The molecule has 1 N–H and O–H groups in total. The van der Waals surface area contributed by atoms with Crippen molar-refractivity contribution in [2.24, 2.45) is 0 Å². The monoisotopic (exact) mass is 457 g/mol. The van der Waals surface area contributed by atoms with E-state index >= 15 is 0 Å². The summed E-state index contributed by atoms with van der Waals surface area (Å²) in [6.45, 7) is 3.97. The Morgan fingerprint density at radius 2 is 1.88 bits per heavy atom. The number of nitriles is 1. The number of methoxy groups -OCH3 is 1. The van der Waals surface area contributed by atoms with E-state index in [0.717, 1.165) is 16.7 Å². The number of aryl methyl sites for hydroxylation is 1. The Kier molecular flexibility index (Phi) is 7.62. The Morgan fingerprint density at radius 3 is 2.53 bits per heavy atom. The minimum Gasteiger partial charge on any atom is -0.497 e. The maximum Gasteiger partial charge on any atom is 0.269 e. The van der Waals surface area contributed by atoms with Gasteiger partial charge in [0.15, 0.2) is 0 Å². The van der Waals surface area contributed by atoms with E-state index in [9.17, 15) is 20.2 Å². The average molecular weight is 457 g/mol. The van der Waals surface area contributed by atoms with Crippen molar-refractivity contribution in [1.29, 1.82) is 5.26 Å². The predicted molar refractivity (Wildman–Crippen MR) is 129 cm³/mol. The second-order valence-corrected chi connectivity index (χ2v) is 7.49. The van der Waals surface area contributed by atoms with E-state index in [4.69, 9.17) is 9.47 Å². The van der Waals surface area contributed by atoms with E-state index < -0.39 is 10.8 Å². The van der Waals surface area contributed by atoms with Gasteiger partial charge in [-0.05, 0) is 66.9 Å². The van der Waals surface area contributed by atoms with E-state index in [1.54, 1.807) is 36.4 Å². The van der Waals surface area contributed by atoms with Crippen molar-refractivity contribution < 1.29 is 19.2 Å². The van der Waals surface area contributed by atoms with Crippen LogP contribution in [-0.2, 0) is 11.4 Å². The summed E-state index contributed by atoms with van der Waals surface area (Å²) in [4.78, 5) is 23.2. The molecule has 0 atom stereocenters. The lowest BCUT2D eigenvalue weighted by molar-refractivity contribution is -0.384. The van der Waals surface area contributed by atoms with Gasteiger partial charge in [0.2, 0.25) is 0 Å². The standard InChI is InChI=1S/C26H23N3O5/c1-17-5-4-6-24(18(17)2)28-26(30)21(15-27)13-20-9-12-23(33-3)14-25(20)34-16-19-7-10-22(11-8-19)29(31)32/h4-14H,16H2,1-3H3,(H,28,30)/b21-13+. The molecule has 0 aromatic heterocycles. The zero-order chi connectivity index (χ0) is 24.7. The molecule has 3 aromatic rings. The average Bonchev–Trinajstić information content (AvgIpc) is 2.84. The molecule has 3 aromatic carbocycles. The SMILES string of the molecule is COc1ccc(/C=C(\C#N)C(=O)Nc2cccc(C)c2C)c(OCc2ccc([N+](=O)[O-])cc2)c1. The number of ether oxygens (including phenoxy) is 2. The summed E-state index contributed by atoms with van der Waals surface area (Å²) in [6.07, 6.45) is 1.45. The zero-order valence-electron chi connectivity index (χ0n) is 19.0. The molecular weight excluding hydrogens is 434 g/mol. The second kappa shape index (κ2) is 10.8. The van der Waals surface area contributed by atoms with Gasteiger partial charge in [-0.1, -0.05) is 12.1 Å². The number of nitrogens with one attached hydrogen (secondary N) is 1. The lowest BCUT2D eigenvalue weighted by Gasteiger charge is -2.12. The third-order valence-electron chi connectivity index (χ3n) is 5.28. The number of rotatable bonds is 8. The van der Waals surface area contributed by atoms with Gasteiger partial charge in [-0.2, -0.15) is 5.26 Å². The van der Waals surface area contributed by atoms with Crippen molar-refractivity contribution in [2.75, 3.05) is 12.4 Å². The molecule has 0 unspecified atom stereocenters. The van der Waals surface area contributed by atoms with E-state index in [2.05, 4.69) is 5.32 Å². The topological polar surface area (TPSA) is 114 Å². The number of amides is 1. The maximum atomic E-state index is 12.8. The fourth-order valence-electron chi connectivity index (χ4n) is 3.14. The molecule has 34 heavy (non-hydrogen) atoms. The number of non-ortho nitro benzene ring substituents is 1. The highest BCUT2D eigenvalue weighted by atomic mass is 16.6. The number of benzene rings is 3. The van der Waals surface area contributed by atoms with E-state index in [-0.39, 0.29) is 17.9 Å². The van der Waals surface area contributed by atoms with Crippen molar-refractivity contribution in [3.8, 4) is 17.6 Å². The van der Waals surface area contributed by atoms with Gasteiger partial charge >= 0.3 is 0 Å². The fraction of sp³-hybridized carbons (Fsp3) is 0.154. The molecular formula is C26H23N3O5. The maximum absolute atomic E-state index is 12.8. The van der Waals surface area contributed by atoms with Crippen LogP contribution in [0.2, 0.25) is 0 Å². The summed E-state index contributed by atoms with van der Waals surface area (Å²) in [7, 11) is 1.52. The second-order valence-electron chi connectivity index (χ2n) is 7.49. The number of anilines is 1. The molecule has 0 heterocycles. The Labute approximate surface area is 197 Å². The van der Waals surface area contributed by atoms with Gasteiger partial charge in [0.05, 0.1) is 12.0 Å². The minimum atomic E-state index is -0.534. The molecule has 0 saturated carbocycles. The number of nitro groups is 1. The molecule has 0 fully saturated rings. The largest absolute Gasteiger partial charge is 0.497 e. The molecule has 0 aliphatic carbocycles. The van der Waals surface area contributed by atoms with Gasteiger partial charge in [0.25, 0.3) is 11.6 Å². The van der Waals surface area contributed by atoms with Crippen molar-refractivity contribution in [1.82, 2.24) is 0 Å². The Balaban J connectivity index is 1.85. The number of carbonyl (C=O) groups is 1. The van der Waals surface area contributed by atoms with Crippen LogP contribution < -0.4 is 14.8 Å². The van der Waals surface area contributed by atoms with Crippen LogP contribution in [0, 0.1) is 35.3 Å². The van der Waals surface area contributed by atoms with Crippen LogP contribution in [0.15, 0.2) is 66.2 Å². The summed E-state index contributed by atoms with van der Waals surface area (Å²) in [5.41, 5.74) is 3.71. The Morgan fingerprint density at radius 1 is 1.15 bits per heavy atom. The van der Waals surface area contributed by atoms with Crippen LogP contribution in [0.1, 0.15) is 22.3 Å². The minimum absolute atomic E-state index is 0.0118. The Hall–Kier alpha value is -4.64. The van der Waals surface area contributed by atoms with Crippen molar-refractivity contribution >= 4 is 23.4 Å². The molecule has 0 spiro atoms. The molecule has 8 heteroatoms. The fourth-order valence-corrected chi connectivity index (χ4v) is 3.14. The number of hydrogen-bond acceptors (Lipinski definition) is 6. The molecule has 0 radical (unpaired) electrons. The first-order valence-corrected chi connectivity index (χ1v) is 10.4. The van der Waals surface area contributed by atoms with Gasteiger partial charge in [0, 0.05) is 29.4 Å². The first-order valence-electron chi connectivity index (χ1n) is 10.4. The van der Waals surface area contributed by atoms with Crippen LogP contribution in [-0.4, -0.2) is 17.9 Å². The van der Waals surface area contributed by atoms with Crippen LogP contribution in [0.3, 0.4) is 0 Å². The lowest BCUT2D eigenvalue weighted by atomic mass is 10.1. The molecule has 172 valence electrons. The first kappa shape index (κ1) is 24.0. The summed E-state index contributed by atoms with van der Waals surface area (Å²) >= 11 is 0. The summed E-state index contributed by atoms with van der Waals surface area (Å²) in [5.74, 6) is 0.396. The Bertz CT molecular complexity index is 1290. The van der Waals surface area contributed by atoms with E-state index in [0.29, 0.717) is 22.7 Å². The number of nitro benzene ring substituents is 1. The normalized spacial score (nSPS) is 10.8. The number of carbonyl (C=O) groups excluding carboxylic acids is 1. The van der Waals surface area contributed by atoms with Gasteiger partial charge in [-0.15, -0.1) is 0 Å². The highest BCUT2D eigenvalue weighted by molar-refractivity contribution is 6.10. The summed E-state index contributed by atoms with van der Waals surface area (Å²) < 4.78 is 11.2. The molecule has 0 aliphatic rings. The molecule has 0 saturated heterocycles. The highest BCUT2D eigenvalue weighted by Crippen LogP contribution is 2.28. The highest BCUT2D eigenvalue weighted by Gasteiger charge is 2.14. The lowest BCUT2D eigenvalue weighted by Crippen LogP contribution is -2.14. The van der Waals surface area contributed by atoms with Crippen molar-refractivity contribution in [2.45, 2.75) is 20.5 Å². The third-order valence-corrected chi connectivity index (χ3v) is 5.28. The van der Waals surface area contributed by atoms with Crippen LogP contribution in [0.4, 0.5) is 11.4 Å². The predicted octanol–water partition coefficient (Wildman–Crippen LogP) is 5.34. The number of nitrogens with zero attached hydrogens (tertiary/aromatic N) is 2. The van der Waals surface area contributed by atoms with Gasteiger partial charge < -0.3 is 14.8 Å². The van der Waals surface area contributed by atoms with Crippen molar-refractivity contribution in [3.05, 3.63) is 98.6 Å². The molecule has 1 amide bonds. The zero-order valence-corrected chi connectivity index (χ0v) is 19.0. The van der Waals surface area contributed by atoms with Crippen molar-refractivity contribution in [3.63, 3.8) is 0 Å². The quantitative estimate of drug-likeness (QED) is 0.211. The van der Waals surface area contributed by atoms with Crippen LogP contribution >= 0.6 is 0 Å².